The summed E-state index contributed by atoms with van der Waals surface area (Å²) in [5, 5.41) is 30.7. The number of amides is 4. The number of ether oxygens (including phenoxy) is 6. The van der Waals surface area contributed by atoms with Gasteiger partial charge in [-0.05, 0) is 189 Å². The van der Waals surface area contributed by atoms with Crippen molar-refractivity contribution < 1.29 is 85.8 Å². The first-order chi connectivity index (χ1) is 47.1. The first-order valence-corrected chi connectivity index (χ1v) is 43.2. The Bertz CT molecular complexity index is 2900. The molecule has 2 heterocycles. The van der Waals surface area contributed by atoms with Crippen LogP contribution in [0.25, 0.3) is 11.1 Å². The molecule has 24 heteroatoms. The number of alkyl carbamates (subject to hydrolysis) is 4. The Hall–Kier alpha value is -6.25. The molecule has 3 aliphatic rings. The molecule has 0 radical (unpaired) electrons. The van der Waals surface area contributed by atoms with Gasteiger partial charge in [0.15, 0.2) is 16.6 Å². The van der Waals surface area contributed by atoms with Gasteiger partial charge in [0.05, 0.1) is 54.3 Å². The monoisotopic (exact) mass is 1480 g/mol. The van der Waals surface area contributed by atoms with Crippen molar-refractivity contribution in [2.45, 2.75) is 338 Å². The standard InChI is InChI=1S/C31H45NO5Si.C20H41NO5Si.2C14H25NO4/c1-20(2)17-27(28(18-21(3)29(33)34)37-38(7,8)31(4,5)6)32-30(35)36-19-26-24-15-11-9-13-22(24)23-14-10-12-16-25(23)26;1-13(2)11-16(21-19(24)25-14(3)4)17(12-15(5)18(22)23)26-27(9,10)20(6,7)8;2*1-9(2)8-10(11-6-7-12(16)18-11)15-13(17)19-14(3,4)5/h9-16,20-21,26-28H,17-19H2,1-8H3,(H,32,35)(H,33,34);13-17H,11-12H2,1-10H3,(H,21,24)(H,22,23);2*9-11H,6-8H2,1-5H3,(H,15,17)/t21-,27?,28+;15-,16?,17+;2*10?,11-/m1100/s1. The van der Waals surface area contributed by atoms with Gasteiger partial charge in [-0.2, -0.15) is 0 Å². The number of carboxylic acid groups (broad SMARTS) is 2. The van der Waals surface area contributed by atoms with Crippen LogP contribution >= 0.6 is 0 Å². The van der Waals surface area contributed by atoms with Gasteiger partial charge in [0.25, 0.3) is 0 Å². The summed E-state index contributed by atoms with van der Waals surface area (Å²) in [7, 11) is -4.39. The molecular weight excluding hydrogens is 1350 g/mol. The maximum atomic E-state index is 13.2. The molecule has 2 aromatic rings. The number of esters is 2. The third-order valence-corrected chi connectivity index (χ3v) is 27.8. The number of rotatable bonds is 29. The molecule has 2 aromatic carbocycles. The highest BCUT2D eigenvalue weighted by molar-refractivity contribution is 6.74. The van der Waals surface area contributed by atoms with E-state index < -0.39 is 82.1 Å². The van der Waals surface area contributed by atoms with Crippen molar-refractivity contribution in [1.82, 2.24) is 21.3 Å². The van der Waals surface area contributed by atoms with E-state index in [0.29, 0.717) is 69.1 Å². The number of benzene rings is 2. The zero-order chi connectivity index (χ0) is 79.1. The summed E-state index contributed by atoms with van der Waals surface area (Å²) in [5.41, 5.74) is 3.63. The van der Waals surface area contributed by atoms with E-state index in [-0.39, 0.29) is 89.0 Å². The smallest absolute Gasteiger partial charge is 0.408 e. The lowest BCUT2D eigenvalue weighted by Crippen LogP contribution is -2.53. The molecule has 0 spiro atoms. The summed E-state index contributed by atoms with van der Waals surface area (Å²) >= 11 is 0. The van der Waals surface area contributed by atoms with Gasteiger partial charge in [-0.3, -0.25) is 19.2 Å². The van der Waals surface area contributed by atoms with Gasteiger partial charge >= 0.3 is 48.3 Å². The van der Waals surface area contributed by atoms with E-state index in [4.69, 9.17) is 37.3 Å². The predicted octanol–water partition coefficient (Wildman–Crippen LogP) is 17.7. The zero-order valence-electron chi connectivity index (χ0n) is 68.1. The van der Waals surface area contributed by atoms with Crippen LogP contribution in [-0.2, 0) is 56.5 Å². The van der Waals surface area contributed by atoms with Crippen LogP contribution in [0.5, 0.6) is 0 Å². The number of aliphatic carboxylic acids is 2. The van der Waals surface area contributed by atoms with Crippen molar-refractivity contribution in [3.8, 4) is 11.1 Å². The lowest BCUT2D eigenvalue weighted by molar-refractivity contribution is -0.143. The second kappa shape index (κ2) is 41.0. The number of carboxylic acids is 2. The third-order valence-electron chi connectivity index (χ3n) is 18.7. The maximum absolute atomic E-state index is 13.2. The normalized spacial score (nSPS) is 17.9. The van der Waals surface area contributed by atoms with Crippen molar-refractivity contribution in [2.24, 2.45) is 35.5 Å². The van der Waals surface area contributed by atoms with E-state index in [1.165, 1.54) is 11.1 Å². The third kappa shape index (κ3) is 34.3. The molecule has 2 aliphatic heterocycles. The fourth-order valence-corrected chi connectivity index (χ4v) is 14.4. The molecule has 6 N–H and O–H groups in total. The Kier molecular flexibility index (Phi) is 37.0. The Morgan fingerprint density at radius 2 is 0.806 bits per heavy atom. The van der Waals surface area contributed by atoms with Crippen LogP contribution in [0.4, 0.5) is 19.2 Å². The number of carbonyl (C=O) groups excluding carboxylic acids is 6. The van der Waals surface area contributed by atoms with Crippen LogP contribution in [0.2, 0.25) is 36.3 Å². The largest absolute Gasteiger partial charge is 0.481 e. The van der Waals surface area contributed by atoms with Crippen molar-refractivity contribution in [1.29, 1.82) is 0 Å². The van der Waals surface area contributed by atoms with Gasteiger partial charge in [-0.25, -0.2) is 19.2 Å². The molecule has 10 atom stereocenters. The first kappa shape index (κ1) is 92.8. The Labute approximate surface area is 620 Å². The van der Waals surface area contributed by atoms with Gasteiger partial charge in [-0.1, -0.05) is 159 Å². The van der Waals surface area contributed by atoms with Crippen molar-refractivity contribution in [2.75, 3.05) is 6.61 Å². The van der Waals surface area contributed by atoms with Gasteiger partial charge in [0, 0.05) is 18.8 Å². The molecule has 2 fully saturated rings. The zero-order valence-corrected chi connectivity index (χ0v) is 70.1. The molecule has 0 saturated carbocycles. The quantitative estimate of drug-likeness (QED) is 0.0250. The molecule has 22 nitrogen and oxygen atoms in total. The van der Waals surface area contributed by atoms with Crippen LogP contribution < -0.4 is 21.3 Å². The van der Waals surface area contributed by atoms with Crippen LogP contribution in [0.3, 0.4) is 0 Å². The minimum absolute atomic E-state index is 0.0153. The summed E-state index contributed by atoms with van der Waals surface area (Å²) in [6.45, 7) is 56.3. The van der Waals surface area contributed by atoms with E-state index in [9.17, 15) is 48.6 Å². The van der Waals surface area contributed by atoms with Crippen LogP contribution in [-0.4, -0.2) is 148 Å². The number of carbonyl (C=O) groups is 8. The molecule has 4 unspecified atom stereocenters. The number of hydrogen-bond acceptors (Lipinski definition) is 16. The highest BCUT2D eigenvalue weighted by Crippen LogP contribution is 2.45. The molecule has 2 saturated heterocycles. The lowest BCUT2D eigenvalue weighted by atomic mass is 9.93. The summed E-state index contributed by atoms with van der Waals surface area (Å²) in [4.78, 5) is 94.7. The fourth-order valence-electron chi connectivity index (χ4n) is 11.6. The van der Waals surface area contributed by atoms with Gasteiger partial charge in [0.2, 0.25) is 0 Å². The Morgan fingerprint density at radius 1 is 0.476 bits per heavy atom. The van der Waals surface area contributed by atoms with Gasteiger partial charge in [-0.15, -0.1) is 0 Å². The molecular formula is C79H136N4O18Si2. The minimum Gasteiger partial charge on any atom is -0.481 e. The number of cyclic esters (lactones) is 2. The molecule has 103 heavy (non-hydrogen) atoms. The number of nitrogens with one attached hydrogen (secondary N) is 4. The molecule has 1 aliphatic carbocycles. The van der Waals surface area contributed by atoms with E-state index in [0.717, 1.165) is 24.0 Å². The average molecular weight is 1490 g/mol. The summed E-state index contributed by atoms with van der Waals surface area (Å²) in [6, 6.07) is 15.5. The molecule has 0 bridgehead atoms. The van der Waals surface area contributed by atoms with Crippen LogP contribution in [0, 0.1) is 35.5 Å². The summed E-state index contributed by atoms with van der Waals surface area (Å²) < 4.78 is 45.4. The molecule has 588 valence electrons. The number of hydrogen-bond donors (Lipinski definition) is 6. The lowest BCUT2D eigenvalue weighted by Gasteiger charge is -2.42. The van der Waals surface area contributed by atoms with E-state index >= 15 is 0 Å². The Morgan fingerprint density at radius 3 is 1.09 bits per heavy atom. The Balaban J connectivity index is 0.000000489. The molecule has 4 amide bonds. The second-order valence-corrected chi connectivity index (χ2v) is 44.7. The van der Waals surface area contributed by atoms with Crippen LogP contribution in [0.15, 0.2) is 48.5 Å². The highest BCUT2D eigenvalue weighted by Gasteiger charge is 2.45. The predicted molar refractivity (Wildman–Crippen MR) is 410 cm³/mol. The topological polar surface area (TPSA) is 299 Å². The molecule has 0 aromatic heterocycles. The maximum Gasteiger partial charge on any atom is 0.408 e. The highest BCUT2D eigenvalue weighted by atomic mass is 28.4. The number of fused-ring (bicyclic) bond motifs is 3. The van der Waals surface area contributed by atoms with E-state index in [1.54, 1.807) is 27.7 Å². The van der Waals surface area contributed by atoms with E-state index in [1.807, 2.05) is 65.8 Å². The summed E-state index contributed by atoms with van der Waals surface area (Å²) in [6.07, 6.45) is 2.33. The SMILES string of the molecule is CC(C)CC(NC(=O)OC(C)(C)C)[C@@H]1CCC(=O)O1.CC(C)CC(NC(=O)OC(C)(C)C)[C@@H]1CCC(=O)O1.CC(C)CC(NC(=O)OC(C)C)[C@H](C[C@@H](C)C(=O)O)O[Si](C)(C)C(C)(C)C.CC(C)CC(NC(=O)OCC1c2ccccc2-c2ccccc21)[C@H](C[C@@H](C)C(=O)O)O[Si](C)(C)C(C)(C)C. The van der Waals surface area contributed by atoms with Crippen molar-refractivity contribution >= 4 is 64.9 Å². The second-order valence-electron chi connectivity index (χ2n) is 35.2. The van der Waals surface area contributed by atoms with E-state index in [2.05, 4.69) is 169 Å². The van der Waals surface area contributed by atoms with Gasteiger partial charge in [0.1, 0.15) is 30.0 Å². The first-order valence-electron chi connectivity index (χ1n) is 37.4. The average Bonchev–Trinajstić information content (AvgIpc) is 1.64. The van der Waals surface area contributed by atoms with Crippen molar-refractivity contribution in [3.63, 3.8) is 0 Å². The molecule has 5 rings (SSSR count). The minimum atomic E-state index is -2.24. The summed E-state index contributed by atoms with van der Waals surface area (Å²) in [5.74, 6) is -1.87. The van der Waals surface area contributed by atoms with Gasteiger partial charge < -0.3 is 68.8 Å². The fraction of sp³-hybridized carbons (Fsp3) is 0.747. The van der Waals surface area contributed by atoms with Crippen LogP contribution in [0.1, 0.15) is 247 Å². The van der Waals surface area contributed by atoms with Crippen molar-refractivity contribution in [3.05, 3.63) is 59.7 Å².